The molecule has 3 heteroatoms. The van der Waals surface area contributed by atoms with Crippen molar-refractivity contribution in [2.45, 2.75) is 32.8 Å². The van der Waals surface area contributed by atoms with Gasteiger partial charge in [0.1, 0.15) is 5.75 Å². The van der Waals surface area contributed by atoms with Crippen molar-refractivity contribution in [2.24, 2.45) is 0 Å². The topological polar surface area (TPSA) is 26.3 Å². The van der Waals surface area contributed by atoms with Gasteiger partial charge in [-0.25, -0.2) is 0 Å². The fourth-order valence-corrected chi connectivity index (χ4v) is 2.34. The van der Waals surface area contributed by atoms with Crippen molar-refractivity contribution >= 4 is 17.4 Å². The Labute approximate surface area is 130 Å². The summed E-state index contributed by atoms with van der Waals surface area (Å²) in [5.74, 6) is 0.573. The minimum Gasteiger partial charge on any atom is -0.483 e. The molecule has 0 radical (unpaired) electrons. The van der Waals surface area contributed by atoms with Crippen LogP contribution in [-0.2, 0) is 6.42 Å². The summed E-state index contributed by atoms with van der Waals surface area (Å²) in [7, 11) is 0. The lowest BCUT2D eigenvalue weighted by molar-refractivity contribution is 0.0818. The zero-order chi connectivity index (χ0) is 15.2. The van der Waals surface area contributed by atoms with Crippen LogP contribution >= 0.6 is 11.6 Å². The van der Waals surface area contributed by atoms with E-state index < -0.39 is 6.10 Å². The minimum absolute atomic E-state index is 0.0296. The van der Waals surface area contributed by atoms with Crippen LogP contribution in [0.1, 0.15) is 36.2 Å². The van der Waals surface area contributed by atoms with E-state index >= 15 is 0 Å². The Bertz CT molecular complexity index is 605. The summed E-state index contributed by atoms with van der Waals surface area (Å²) in [4.78, 5) is 12.3. The second-order valence-electron chi connectivity index (χ2n) is 5.03. The lowest BCUT2D eigenvalue weighted by Crippen LogP contribution is -2.23. The van der Waals surface area contributed by atoms with Gasteiger partial charge in [0.2, 0.25) is 5.78 Å². The molecule has 0 heterocycles. The highest BCUT2D eigenvalue weighted by atomic mass is 35.5. The van der Waals surface area contributed by atoms with Crippen LogP contribution in [-0.4, -0.2) is 11.9 Å². The summed E-state index contributed by atoms with van der Waals surface area (Å²) in [6, 6.07) is 14.8. The quantitative estimate of drug-likeness (QED) is 0.706. The number of carbonyl (C=O) groups is 1. The van der Waals surface area contributed by atoms with Crippen LogP contribution < -0.4 is 4.74 Å². The molecule has 2 nitrogen and oxygen atoms in total. The smallest absolute Gasteiger partial charge is 0.202 e. The number of halogens is 1. The van der Waals surface area contributed by atoms with Gasteiger partial charge in [-0.15, -0.1) is 0 Å². The molecule has 0 saturated heterocycles. The Balaban J connectivity index is 2.04. The van der Waals surface area contributed by atoms with E-state index in [1.165, 1.54) is 5.56 Å². The maximum absolute atomic E-state index is 12.3. The van der Waals surface area contributed by atoms with Crippen molar-refractivity contribution in [3.8, 4) is 5.75 Å². The Kier molecular flexibility index (Phi) is 5.40. The summed E-state index contributed by atoms with van der Waals surface area (Å²) in [6.45, 7) is 3.89. The normalized spacial score (nSPS) is 12.0. The first kappa shape index (κ1) is 15.6. The number of hydrogen-bond donors (Lipinski definition) is 0. The molecule has 0 aromatic heterocycles. The van der Waals surface area contributed by atoms with Gasteiger partial charge in [0, 0.05) is 10.6 Å². The van der Waals surface area contributed by atoms with Gasteiger partial charge in [-0.05, 0) is 37.1 Å². The summed E-state index contributed by atoms with van der Waals surface area (Å²) in [5.41, 5.74) is 1.92. The lowest BCUT2D eigenvalue weighted by atomic mass is 10.0. The number of hydrogen-bond acceptors (Lipinski definition) is 2. The second kappa shape index (κ2) is 7.28. The molecule has 0 saturated carbocycles. The van der Waals surface area contributed by atoms with Crippen LogP contribution in [0.3, 0.4) is 0 Å². The number of ether oxygens (including phenoxy) is 1. The molecular weight excluding hydrogens is 284 g/mol. The molecular formula is C18H19ClO2. The zero-order valence-corrected chi connectivity index (χ0v) is 13.1. The highest BCUT2D eigenvalue weighted by Gasteiger charge is 2.16. The van der Waals surface area contributed by atoms with Crippen molar-refractivity contribution in [3.63, 3.8) is 0 Å². The van der Waals surface area contributed by atoms with Crippen LogP contribution in [0.5, 0.6) is 5.75 Å². The summed E-state index contributed by atoms with van der Waals surface area (Å²) in [5, 5.41) is 0.594. The molecule has 2 aromatic rings. The molecule has 1 atom stereocenters. The molecule has 1 unspecified atom stereocenters. The van der Waals surface area contributed by atoms with Crippen molar-refractivity contribution in [3.05, 3.63) is 64.7 Å². The van der Waals surface area contributed by atoms with Gasteiger partial charge >= 0.3 is 0 Å². The summed E-state index contributed by atoms with van der Waals surface area (Å²) in [6.07, 6.45) is 1.59. The van der Waals surface area contributed by atoms with Crippen molar-refractivity contribution in [1.29, 1.82) is 0 Å². The van der Waals surface area contributed by atoms with E-state index in [0.29, 0.717) is 16.3 Å². The standard InChI is InChI=1S/C18H19ClO2/c1-3-5-14-8-10-15(11-9-14)18(20)13(2)21-17-7-4-6-16(19)12-17/h4,6-13H,3,5H2,1-2H3. The number of Topliss-reactive ketones (excluding diaryl/α,β-unsaturated/α-hetero) is 1. The molecule has 0 aliphatic heterocycles. The van der Waals surface area contributed by atoms with Crippen LogP contribution in [0.4, 0.5) is 0 Å². The first-order chi connectivity index (χ1) is 10.1. The first-order valence-corrected chi connectivity index (χ1v) is 7.53. The Morgan fingerprint density at radius 3 is 2.52 bits per heavy atom. The third kappa shape index (κ3) is 4.33. The van der Waals surface area contributed by atoms with E-state index in [2.05, 4.69) is 6.92 Å². The summed E-state index contributed by atoms with van der Waals surface area (Å²) >= 11 is 5.91. The van der Waals surface area contributed by atoms with E-state index in [1.54, 1.807) is 31.2 Å². The van der Waals surface area contributed by atoms with Crippen LogP contribution in [0.2, 0.25) is 5.02 Å². The highest BCUT2D eigenvalue weighted by Crippen LogP contribution is 2.19. The third-order valence-corrected chi connectivity index (χ3v) is 3.49. The van der Waals surface area contributed by atoms with Crippen LogP contribution in [0.25, 0.3) is 0 Å². The number of ketones is 1. The fraction of sp³-hybridized carbons (Fsp3) is 0.278. The maximum atomic E-state index is 12.3. The monoisotopic (exact) mass is 302 g/mol. The Morgan fingerprint density at radius 1 is 1.19 bits per heavy atom. The molecule has 0 fully saturated rings. The number of aryl methyl sites for hydroxylation is 1. The molecule has 2 aromatic carbocycles. The molecule has 0 bridgehead atoms. The Morgan fingerprint density at radius 2 is 1.90 bits per heavy atom. The van der Waals surface area contributed by atoms with E-state index in [9.17, 15) is 4.79 Å². The molecule has 110 valence electrons. The third-order valence-electron chi connectivity index (χ3n) is 3.26. The zero-order valence-electron chi connectivity index (χ0n) is 12.3. The average molecular weight is 303 g/mol. The average Bonchev–Trinajstić information content (AvgIpc) is 2.47. The second-order valence-corrected chi connectivity index (χ2v) is 5.47. The van der Waals surface area contributed by atoms with Crippen LogP contribution in [0.15, 0.2) is 48.5 Å². The largest absolute Gasteiger partial charge is 0.483 e. The molecule has 21 heavy (non-hydrogen) atoms. The molecule has 2 rings (SSSR count). The Hall–Kier alpha value is -1.80. The van der Waals surface area contributed by atoms with E-state index in [-0.39, 0.29) is 5.78 Å². The highest BCUT2D eigenvalue weighted by molar-refractivity contribution is 6.30. The van der Waals surface area contributed by atoms with Gasteiger partial charge in [0.25, 0.3) is 0 Å². The van der Waals surface area contributed by atoms with Gasteiger partial charge in [0.05, 0.1) is 0 Å². The van der Waals surface area contributed by atoms with Gasteiger partial charge in [-0.3, -0.25) is 4.79 Å². The molecule has 0 aliphatic rings. The van der Waals surface area contributed by atoms with E-state index in [1.807, 2.05) is 24.3 Å². The van der Waals surface area contributed by atoms with Crippen molar-refractivity contribution < 1.29 is 9.53 Å². The van der Waals surface area contributed by atoms with Gasteiger partial charge in [-0.1, -0.05) is 55.3 Å². The number of rotatable bonds is 6. The van der Waals surface area contributed by atoms with Crippen LogP contribution in [0, 0.1) is 0 Å². The van der Waals surface area contributed by atoms with Crippen molar-refractivity contribution in [2.75, 3.05) is 0 Å². The van der Waals surface area contributed by atoms with Gasteiger partial charge in [0.15, 0.2) is 6.10 Å². The lowest BCUT2D eigenvalue weighted by Gasteiger charge is -2.14. The first-order valence-electron chi connectivity index (χ1n) is 7.15. The minimum atomic E-state index is -0.541. The SMILES string of the molecule is CCCc1ccc(C(=O)C(C)Oc2cccc(Cl)c2)cc1. The van der Waals surface area contributed by atoms with Gasteiger partial charge in [-0.2, -0.15) is 0 Å². The van der Waals surface area contributed by atoms with Gasteiger partial charge < -0.3 is 4.74 Å². The molecule has 0 N–H and O–H groups in total. The number of benzene rings is 2. The summed E-state index contributed by atoms with van der Waals surface area (Å²) < 4.78 is 5.66. The molecule has 0 amide bonds. The molecule has 0 spiro atoms. The predicted octanol–water partition coefficient (Wildman–Crippen LogP) is 4.94. The maximum Gasteiger partial charge on any atom is 0.202 e. The predicted molar refractivity (Wildman–Crippen MR) is 86.3 cm³/mol. The number of carbonyl (C=O) groups excluding carboxylic acids is 1. The molecule has 0 aliphatic carbocycles. The van der Waals surface area contributed by atoms with Crippen molar-refractivity contribution in [1.82, 2.24) is 0 Å². The van der Waals surface area contributed by atoms with E-state index in [4.69, 9.17) is 16.3 Å². The fourth-order valence-electron chi connectivity index (χ4n) is 2.16. The van der Waals surface area contributed by atoms with E-state index in [0.717, 1.165) is 12.8 Å².